The molecule has 0 fully saturated rings. The molecule has 0 bridgehead atoms. The van der Waals surface area contributed by atoms with E-state index in [9.17, 15) is 26.7 Å². The Labute approximate surface area is 229 Å². The molecule has 0 aliphatic rings. The summed E-state index contributed by atoms with van der Waals surface area (Å²) in [5.74, 6) is -3.53. The lowest BCUT2D eigenvalue weighted by Gasteiger charge is -2.26. The van der Waals surface area contributed by atoms with E-state index in [4.69, 9.17) is 22.4 Å². The molecule has 0 amide bonds. The van der Waals surface area contributed by atoms with Crippen LogP contribution in [0.15, 0.2) is 44.0 Å². The van der Waals surface area contributed by atoms with E-state index in [1.165, 1.54) is 31.2 Å². The Kier molecular flexibility index (Phi) is 10.4. The van der Waals surface area contributed by atoms with Gasteiger partial charge in [-0.3, -0.25) is 0 Å². The number of furan rings is 1. The first-order valence-corrected chi connectivity index (χ1v) is 15.5. The largest absolute Gasteiger partial charge is 0.573 e. The molecular weight excluding hydrogens is 559 g/mol. The molecule has 0 unspecified atom stereocenters. The van der Waals surface area contributed by atoms with Gasteiger partial charge in [-0.05, 0) is 64.4 Å². The number of ether oxygens (including phenoxy) is 2. The zero-order valence-corrected chi connectivity index (χ0v) is 23.8. The van der Waals surface area contributed by atoms with Gasteiger partial charge in [0.05, 0.1) is 6.61 Å². The van der Waals surface area contributed by atoms with Gasteiger partial charge in [0.15, 0.2) is 11.5 Å². The number of halogens is 5. The molecule has 3 aromatic rings. The monoisotopic (exact) mass is 592 g/mol. The Hall–Kier alpha value is -2.90. The highest BCUT2D eigenvalue weighted by Crippen LogP contribution is 2.36. The molecule has 0 N–H and O–H groups in total. The maximum absolute atomic E-state index is 14.4. The van der Waals surface area contributed by atoms with Gasteiger partial charge in [-0.15, -0.1) is 13.2 Å². The Bertz CT molecular complexity index is 1310. The van der Waals surface area contributed by atoms with Crippen molar-refractivity contribution in [3.8, 4) is 22.8 Å². The second-order valence-electron chi connectivity index (χ2n) is 9.41. The predicted molar refractivity (Wildman–Crippen MR) is 140 cm³/mol. The molecule has 13 heteroatoms. The molecular formula is C27H33F5O7Si. The van der Waals surface area contributed by atoms with E-state index < -0.39 is 38.0 Å². The highest BCUT2D eigenvalue weighted by molar-refractivity contribution is 6.66. The van der Waals surface area contributed by atoms with Gasteiger partial charge in [-0.2, -0.15) is 0 Å². The molecule has 0 aliphatic heterocycles. The van der Waals surface area contributed by atoms with Crippen LogP contribution in [0.5, 0.6) is 11.5 Å². The predicted octanol–water partition coefficient (Wildman–Crippen LogP) is 7.98. The van der Waals surface area contributed by atoms with Crippen molar-refractivity contribution in [2.24, 2.45) is 0 Å². The van der Waals surface area contributed by atoms with E-state index in [-0.39, 0.29) is 48.5 Å². The topological polar surface area (TPSA) is 80.3 Å². The summed E-state index contributed by atoms with van der Waals surface area (Å²) in [6.07, 6.45) is -5.22. The first-order valence-electron chi connectivity index (χ1n) is 13.0. The fourth-order valence-electron chi connectivity index (χ4n) is 4.33. The van der Waals surface area contributed by atoms with E-state index >= 15 is 0 Å². The Morgan fingerprint density at radius 3 is 2.25 bits per heavy atom. The first-order chi connectivity index (χ1) is 18.7. The summed E-state index contributed by atoms with van der Waals surface area (Å²) >= 11 is 0. The number of hydrogen-bond acceptors (Lipinski definition) is 7. The van der Waals surface area contributed by atoms with Crippen molar-refractivity contribution in [1.82, 2.24) is 0 Å². The zero-order valence-electron chi connectivity index (χ0n) is 22.8. The number of aryl methyl sites for hydroxylation is 1. The molecule has 3 rings (SSSR count). The average molecular weight is 593 g/mol. The highest BCUT2D eigenvalue weighted by Gasteiger charge is 2.35. The number of hydrogen-bond donors (Lipinski definition) is 0. The van der Waals surface area contributed by atoms with Crippen molar-refractivity contribution >= 4 is 19.5 Å². The van der Waals surface area contributed by atoms with E-state index in [1.54, 1.807) is 0 Å². The summed E-state index contributed by atoms with van der Waals surface area (Å²) in [5.41, 5.74) is -1.09. The summed E-state index contributed by atoms with van der Waals surface area (Å²) in [4.78, 5) is 12.6. The van der Waals surface area contributed by atoms with Gasteiger partial charge < -0.3 is 27.2 Å². The zero-order chi connectivity index (χ0) is 29.6. The lowest BCUT2D eigenvalue weighted by molar-refractivity contribution is -0.274. The van der Waals surface area contributed by atoms with Crippen LogP contribution in [0.3, 0.4) is 0 Å². The van der Waals surface area contributed by atoms with Crippen LogP contribution in [-0.2, 0) is 8.85 Å². The number of alkyl halides is 5. The van der Waals surface area contributed by atoms with Crippen LogP contribution in [-0.4, -0.2) is 40.7 Å². The molecule has 0 radical (unpaired) electrons. The minimum absolute atomic E-state index is 0.0115. The van der Waals surface area contributed by atoms with E-state index in [2.05, 4.69) is 4.74 Å². The third-order valence-corrected chi connectivity index (χ3v) is 9.09. The Morgan fingerprint density at radius 1 is 0.925 bits per heavy atom. The standard InChI is InChI=1S/C27H33F5O7Si/c1-5-35-40(4,36-6-2)14-8-12-26(28,29)11-7-13-34-20-10-9-19-16-21(25(33)38-22(19)17-20)24-23(15-18(3)37-24)39-27(30,31)32/h9-10,15-17H,5-8,11-14H2,1-4H3. The lowest BCUT2D eigenvalue weighted by atomic mass is 10.1. The van der Waals surface area contributed by atoms with Crippen LogP contribution in [0.4, 0.5) is 22.0 Å². The third kappa shape index (κ3) is 9.06. The second kappa shape index (κ2) is 13.2. The number of rotatable bonds is 15. The van der Waals surface area contributed by atoms with Gasteiger partial charge >= 0.3 is 20.5 Å². The van der Waals surface area contributed by atoms with Crippen LogP contribution in [0.1, 0.15) is 45.3 Å². The number of benzene rings is 1. The summed E-state index contributed by atoms with van der Waals surface area (Å²) in [5, 5.41) is 0.384. The molecule has 222 valence electrons. The maximum Gasteiger partial charge on any atom is 0.573 e. The maximum atomic E-state index is 14.4. The van der Waals surface area contributed by atoms with Gasteiger partial charge in [0.25, 0.3) is 0 Å². The molecule has 40 heavy (non-hydrogen) atoms. The third-order valence-electron chi connectivity index (χ3n) is 6.03. The molecule has 0 saturated heterocycles. The van der Waals surface area contributed by atoms with Crippen molar-refractivity contribution in [3.63, 3.8) is 0 Å². The second-order valence-corrected chi connectivity index (χ2v) is 12.8. The minimum atomic E-state index is -4.98. The van der Waals surface area contributed by atoms with Crippen LogP contribution in [0.2, 0.25) is 12.6 Å². The van der Waals surface area contributed by atoms with Crippen molar-refractivity contribution in [3.05, 3.63) is 46.5 Å². The molecule has 1 aromatic carbocycles. The summed E-state index contributed by atoms with van der Waals surface area (Å²) < 4.78 is 98.6. The molecule has 2 aromatic heterocycles. The van der Waals surface area contributed by atoms with Crippen LogP contribution >= 0.6 is 0 Å². The van der Waals surface area contributed by atoms with E-state index in [0.29, 0.717) is 31.1 Å². The molecule has 7 nitrogen and oxygen atoms in total. The molecule has 0 saturated carbocycles. The summed E-state index contributed by atoms with van der Waals surface area (Å²) in [7, 11) is -2.44. The normalized spacial score (nSPS) is 12.7. The summed E-state index contributed by atoms with van der Waals surface area (Å²) in [6.45, 7) is 7.99. The fraction of sp³-hybridized carbons (Fsp3) is 0.519. The summed E-state index contributed by atoms with van der Waals surface area (Å²) in [6, 6.07) is 7.31. The van der Waals surface area contributed by atoms with Gasteiger partial charge in [-0.1, -0.05) is 0 Å². The lowest BCUT2D eigenvalue weighted by Crippen LogP contribution is -2.39. The molecule has 0 aliphatic carbocycles. The van der Waals surface area contributed by atoms with Gasteiger partial charge in [-0.25, -0.2) is 13.6 Å². The van der Waals surface area contributed by atoms with Crippen molar-refractivity contribution < 1.29 is 49.1 Å². The Morgan fingerprint density at radius 2 is 1.60 bits per heavy atom. The highest BCUT2D eigenvalue weighted by atomic mass is 28.4. The smallest absolute Gasteiger partial charge is 0.493 e. The minimum Gasteiger partial charge on any atom is -0.493 e. The van der Waals surface area contributed by atoms with Crippen molar-refractivity contribution in [2.45, 2.75) is 71.3 Å². The van der Waals surface area contributed by atoms with Crippen LogP contribution in [0.25, 0.3) is 22.3 Å². The van der Waals surface area contributed by atoms with E-state index in [1.807, 2.05) is 20.4 Å². The average Bonchev–Trinajstić information content (AvgIpc) is 3.19. The van der Waals surface area contributed by atoms with Gasteiger partial charge in [0, 0.05) is 43.6 Å². The molecule has 0 spiro atoms. The first kappa shape index (κ1) is 31.6. The van der Waals surface area contributed by atoms with E-state index in [0.717, 1.165) is 6.07 Å². The molecule has 0 atom stereocenters. The van der Waals surface area contributed by atoms with Gasteiger partial charge in [0.2, 0.25) is 5.92 Å². The van der Waals surface area contributed by atoms with Gasteiger partial charge in [0.1, 0.15) is 22.7 Å². The van der Waals surface area contributed by atoms with Crippen LogP contribution < -0.4 is 15.1 Å². The SMILES string of the molecule is CCO[Si](C)(CCCC(F)(F)CCCOc1ccc2cc(-c3oc(C)cc3OC(F)(F)F)c(=O)oc2c1)OCC. The van der Waals surface area contributed by atoms with Crippen molar-refractivity contribution in [2.75, 3.05) is 19.8 Å². The van der Waals surface area contributed by atoms with Crippen molar-refractivity contribution in [1.29, 1.82) is 0 Å². The molecule has 2 heterocycles. The number of fused-ring (bicyclic) bond motifs is 1. The van der Waals surface area contributed by atoms with Crippen LogP contribution in [0, 0.1) is 6.92 Å². The fourth-order valence-corrected chi connectivity index (χ4v) is 6.74. The Balaban J connectivity index is 1.58. The quantitative estimate of drug-likeness (QED) is 0.0766.